The molecule has 0 amide bonds. The number of benzene rings is 2. The molecule has 0 saturated heterocycles. The molecule has 0 N–H and O–H groups in total. The fourth-order valence-corrected chi connectivity index (χ4v) is 2.56. The van der Waals surface area contributed by atoms with Crippen LogP contribution in [-0.2, 0) is 5.41 Å². The van der Waals surface area contributed by atoms with Crippen LogP contribution in [0.5, 0.6) is 0 Å². The minimum absolute atomic E-state index is 0.0112. The number of hydrogen-bond donors (Lipinski definition) is 0. The third-order valence-corrected chi connectivity index (χ3v) is 4.09. The van der Waals surface area contributed by atoms with Gasteiger partial charge in [0.25, 0.3) is 0 Å². The molecule has 0 unspecified atom stereocenters. The van der Waals surface area contributed by atoms with Gasteiger partial charge >= 0.3 is 0 Å². The lowest BCUT2D eigenvalue weighted by Crippen LogP contribution is -2.29. The van der Waals surface area contributed by atoms with Crippen LogP contribution in [0.25, 0.3) is 0 Å². The largest absolute Gasteiger partial charge is 0.0648 e. The van der Waals surface area contributed by atoms with Gasteiger partial charge in [0, 0.05) is 5.41 Å². The summed E-state index contributed by atoms with van der Waals surface area (Å²) in [6, 6.07) is 21.6. The molecule has 0 aromatic heterocycles. The third kappa shape index (κ3) is 2.20. The Balaban J connectivity index is 2.55. The van der Waals surface area contributed by atoms with E-state index >= 15 is 0 Å². The van der Waals surface area contributed by atoms with E-state index in [1.165, 1.54) is 17.0 Å². The lowest BCUT2D eigenvalue weighted by molar-refractivity contribution is 0.558. The van der Waals surface area contributed by atoms with Crippen LogP contribution < -0.4 is 0 Å². The second kappa shape index (κ2) is 5.39. The molecule has 0 heterocycles. The van der Waals surface area contributed by atoms with Gasteiger partial charge in [0.05, 0.1) is 0 Å². The first-order chi connectivity index (χ1) is 8.69. The zero-order chi connectivity index (χ0) is 13.0. The smallest absolute Gasteiger partial charge is 0.0233 e. The minimum Gasteiger partial charge on any atom is -0.0648 e. The molecule has 0 atom stereocenters. The summed E-state index contributed by atoms with van der Waals surface area (Å²) < 4.78 is 0. The van der Waals surface area contributed by atoms with Crippen LogP contribution in [0.3, 0.4) is 0 Å². The van der Waals surface area contributed by atoms with E-state index in [0.29, 0.717) is 0 Å². The first kappa shape index (κ1) is 12.9. The van der Waals surface area contributed by atoms with Gasteiger partial charge in [0.15, 0.2) is 0 Å². The van der Waals surface area contributed by atoms with E-state index in [1.54, 1.807) is 0 Å². The topological polar surface area (TPSA) is 0 Å². The molecular formula is C18H21. The maximum Gasteiger partial charge on any atom is 0.0233 e. The van der Waals surface area contributed by atoms with Gasteiger partial charge in [-0.25, -0.2) is 0 Å². The Kier molecular flexibility index (Phi) is 3.86. The summed E-state index contributed by atoms with van der Waals surface area (Å²) in [5.74, 6) is 1.50. The molecule has 0 nitrogen and oxygen atoms in total. The average Bonchev–Trinajstić information content (AvgIpc) is 2.47. The van der Waals surface area contributed by atoms with Gasteiger partial charge in [0.2, 0.25) is 0 Å². The molecule has 0 aliphatic rings. The van der Waals surface area contributed by atoms with E-state index in [1.807, 2.05) is 0 Å². The van der Waals surface area contributed by atoms with Gasteiger partial charge in [-0.05, 0) is 23.5 Å². The molecule has 93 valence electrons. The fourth-order valence-electron chi connectivity index (χ4n) is 2.56. The predicted octanol–water partition coefficient (Wildman–Crippen LogP) is 5.00. The summed E-state index contributed by atoms with van der Waals surface area (Å²) in [4.78, 5) is 0. The molecule has 18 heavy (non-hydrogen) atoms. The Bertz CT molecular complexity index is 430. The van der Waals surface area contributed by atoms with Crippen LogP contribution in [0.1, 0.15) is 38.3 Å². The van der Waals surface area contributed by atoms with E-state index < -0.39 is 0 Å². The fraction of sp³-hybridized carbons (Fsp3) is 0.278. The molecule has 0 fully saturated rings. The lowest BCUT2D eigenvalue weighted by atomic mass is 9.67. The lowest BCUT2D eigenvalue weighted by Gasteiger charge is -2.36. The number of rotatable bonds is 4. The van der Waals surface area contributed by atoms with Gasteiger partial charge in [-0.3, -0.25) is 0 Å². The van der Waals surface area contributed by atoms with E-state index in [9.17, 15) is 0 Å². The average molecular weight is 237 g/mol. The first-order valence-corrected chi connectivity index (χ1v) is 6.63. The highest BCUT2D eigenvalue weighted by Gasteiger charge is 2.33. The summed E-state index contributed by atoms with van der Waals surface area (Å²) in [5.41, 5.74) is 2.75. The van der Waals surface area contributed by atoms with Crippen LogP contribution in [0.15, 0.2) is 60.7 Å². The van der Waals surface area contributed by atoms with Crippen molar-refractivity contribution in [1.82, 2.24) is 0 Å². The SMILES string of the molecule is CC[C](C)C(C)(c1ccccc1)c1ccccc1. The van der Waals surface area contributed by atoms with Crippen molar-refractivity contribution in [2.45, 2.75) is 32.6 Å². The zero-order valence-corrected chi connectivity index (χ0v) is 11.5. The first-order valence-electron chi connectivity index (χ1n) is 6.63. The third-order valence-electron chi connectivity index (χ3n) is 4.09. The maximum absolute atomic E-state index is 2.33. The van der Waals surface area contributed by atoms with Gasteiger partial charge in [-0.15, -0.1) is 0 Å². The van der Waals surface area contributed by atoms with Gasteiger partial charge in [-0.2, -0.15) is 0 Å². The Morgan fingerprint density at radius 3 is 1.56 bits per heavy atom. The summed E-state index contributed by atoms with van der Waals surface area (Å²) >= 11 is 0. The van der Waals surface area contributed by atoms with E-state index in [0.717, 1.165) is 6.42 Å². The zero-order valence-electron chi connectivity index (χ0n) is 11.5. The summed E-state index contributed by atoms with van der Waals surface area (Å²) in [5, 5.41) is 0. The van der Waals surface area contributed by atoms with Crippen molar-refractivity contribution < 1.29 is 0 Å². The molecule has 1 radical (unpaired) electrons. The van der Waals surface area contributed by atoms with Crippen molar-refractivity contribution in [3.8, 4) is 0 Å². The summed E-state index contributed by atoms with van der Waals surface area (Å²) in [6.07, 6.45) is 1.10. The van der Waals surface area contributed by atoms with Crippen molar-refractivity contribution in [2.75, 3.05) is 0 Å². The van der Waals surface area contributed by atoms with Gasteiger partial charge < -0.3 is 0 Å². The number of hydrogen-bond acceptors (Lipinski definition) is 0. The van der Waals surface area contributed by atoms with Crippen LogP contribution in [0.2, 0.25) is 0 Å². The summed E-state index contributed by atoms with van der Waals surface area (Å²) in [6.45, 7) is 6.83. The Hall–Kier alpha value is -1.56. The molecule has 0 spiro atoms. The highest BCUT2D eigenvalue weighted by Crippen LogP contribution is 2.41. The van der Waals surface area contributed by atoms with Gasteiger partial charge in [-0.1, -0.05) is 81.4 Å². The van der Waals surface area contributed by atoms with E-state index in [4.69, 9.17) is 0 Å². The molecule has 2 rings (SSSR count). The molecule has 0 bridgehead atoms. The van der Waals surface area contributed by atoms with Crippen LogP contribution in [0.4, 0.5) is 0 Å². The maximum atomic E-state index is 2.33. The van der Waals surface area contributed by atoms with E-state index in [-0.39, 0.29) is 5.41 Å². The molecule has 0 aliphatic carbocycles. The molecular weight excluding hydrogens is 216 g/mol. The molecule has 2 aromatic rings. The quantitative estimate of drug-likeness (QED) is 0.702. The summed E-state index contributed by atoms with van der Waals surface area (Å²) in [7, 11) is 0. The van der Waals surface area contributed by atoms with Crippen molar-refractivity contribution in [2.24, 2.45) is 0 Å². The molecule has 2 aromatic carbocycles. The predicted molar refractivity (Wildman–Crippen MR) is 78.5 cm³/mol. The van der Waals surface area contributed by atoms with Crippen molar-refractivity contribution >= 4 is 0 Å². The second-order valence-corrected chi connectivity index (χ2v) is 4.99. The minimum atomic E-state index is 0.0112. The Morgan fingerprint density at radius 1 is 0.833 bits per heavy atom. The molecule has 0 heteroatoms. The standard InChI is InChI=1S/C18H21/c1-4-15(2)18(3,16-11-7-5-8-12-16)17-13-9-6-10-14-17/h5-14H,4H2,1-3H3. The van der Waals surface area contributed by atoms with Crippen molar-refractivity contribution in [3.63, 3.8) is 0 Å². The molecule has 0 saturated carbocycles. The molecule has 0 aliphatic heterocycles. The Labute approximate surface area is 111 Å². The van der Waals surface area contributed by atoms with Crippen LogP contribution >= 0.6 is 0 Å². The van der Waals surface area contributed by atoms with Gasteiger partial charge in [0.1, 0.15) is 0 Å². The Morgan fingerprint density at radius 2 is 1.22 bits per heavy atom. The second-order valence-electron chi connectivity index (χ2n) is 4.99. The highest BCUT2D eigenvalue weighted by molar-refractivity contribution is 5.44. The highest BCUT2D eigenvalue weighted by atomic mass is 14.4. The monoisotopic (exact) mass is 237 g/mol. The van der Waals surface area contributed by atoms with Crippen LogP contribution in [0, 0.1) is 5.92 Å². The van der Waals surface area contributed by atoms with Crippen molar-refractivity contribution in [3.05, 3.63) is 77.7 Å². The van der Waals surface area contributed by atoms with E-state index in [2.05, 4.69) is 81.4 Å². The normalized spacial score (nSPS) is 11.8. The van der Waals surface area contributed by atoms with Crippen molar-refractivity contribution in [1.29, 1.82) is 0 Å². The van der Waals surface area contributed by atoms with Crippen LogP contribution in [-0.4, -0.2) is 0 Å².